The van der Waals surface area contributed by atoms with Crippen LogP contribution in [0.4, 0.5) is 4.79 Å². The SMILES string of the molecule is COc1c(Cl)c2c(c(Cl)c1OC)C(c1ccc(S(=O)(=O)O)cc1)CNCC2.O=C(O)NCc1ccccc1. The van der Waals surface area contributed by atoms with Crippen LogP contribution >= 0.6 is 23.2 Å². The second kappa shape index (κ2) is 13.2. The number of hydrogen-bond acceptors (Lipinski definition) is 6. The number of benzene rings is 3. The largest absolute Gasteiger partial charge is 0.491 e. The van der Waals surface area contributed by atoms with Crippen molar-refractivity contribution < 1.29 is 32.3 Å². The van der Waals surface area contributed by atoms with Gasteiger partial charge in [-0.1, -0.05) is 65.7 Å². The van der Waals surface area contributed by atoms with Gasteiger partial charge in [0.2, 0.25) is 0 Å². The highest BCUT2D eigenvalue weighted by Crippen LogP contribution is 2.49. The highest BCUT2D eigenvalue weighted by Gasteiger charge is 2.30. The quantitative estimate of drug-likeness (QED) is 0.299. The summed E-state index contributed by atoms with van der Waals surface area (Å²) in [5.41, 5.74) is 3.50. The molecule has 0 radical (unpaired) electrons. The van der Waals surface area contributed by atoms with Gasteiger partial charge in [0.25, 0.3) is 10.1 Å². The Morgan fingerprint density at radius 3 is 2.18 bits per heavy atom. The first-order valence-electron chi connectivity index (χ1n) is 11.5. The summed E-state index contributed by atoms with van der Waals surface area (Å²) < 4.78 is 42.6. The van der Waals surface area contributed by atoms with Gasteiger partial charge >= 0.3 is 6.09 Å². The van der Waals surface area contributed by atoms with Crippen molar-refractivity contribution in [2.75, 3.05) is 27.3 Å². The Morgan fingerprint density at radius 2 is 1.63 bits per heavy atom. The van der Waals surface area contributed by atoms with Gasteiger partial charge in [-0.3, -0.25) is 4.55 Å². The molecule has 1 aliphatic heterocycles. The van der Waals surface area contributed by atoms with Crippen molar-refractivity contribution in [3.63, 3.8) is 0 Å². The molecule has 1 amide bonds. The maximum Gasteiger partial charge on any atom is 0.404 e. The molecule has 4 N–H and O–H groups in total. The van der Waals surface area contributed by atoms with Crippen LogP contribution in [0.25, 0.3) is 0 Å². The molecular weight excluding hydrogens is 555 g/mol. The van der Waals surface area contributed by atoms with Crippen molar-refractivity contribution in [1.29, 1.82) is 0 Å². The van der Waals surface area contributed by atoms with Crippen LogP contribution in [-0.4, -0.2) is 51.5 Å². The summed E-state index contributed by atoms with van der Waals surface area (Å²) in [6, 6.07) is 15.4. The third kappa shape index (κ3) is 7.09. The molecule has 4 rings (SSSR count). The minimum Gasteiger partial charge on any atom is -0.491 e. The minimum absolute atomic E-state index is 0.163. The molecule has 0 spiro atoms. The predicted molar refractivity (Wildman–Crippen MR) is 146 cm³/mol. The lowest BCUT2D eigenvalue weighted by Crippen LogP contribution is -2.21. The van der Waals surface area contributed by atoms with Crippen molar-refractivity contribution in [2.45, 2.75) is 23.8 Å². The monoisotopic (exact) mass is 582 g/mol. The molecule has 3 aromatic rings. The fourth-order valence-corrected chi connectivity index (χ4v) is 5.42. The molecule has 38 heavy (non-hydrogen) atoms. The van der Waals surface area contributed by atoms with Crippen molar-refractivity contribution >= 4 is 39.4 Å². The molecule has 3 aromatic carbocycles. The van der Waals surface area contributed by atoms with Gasteiger partial charge in [-0.15, -0.1) is 0 Å². The normalized spacial score (nSPS) is 14.8. The first-order chi connectivity index (χ1) is 18.1. The molecule has 0 bridgehead atoms. The van der Waals surface area contributed by atoms with Crippen LogP contribution in [0.1, 0.15) is 28.2 Å². The van der Waals surface area contributed by atoms with Gasteiger partial charge in [-0.2, -0.15) is 8.42 Å². The third-order valence-electron chi connectivity index (χ3n) is 5.96. The molecule has 9 nitrogen and oxygen atoms in total. The molecule has 1 atom stereocenters. The van der Waals surface area contributed by atoms with E-state index in [9.17, 15) is 17.8 Å². The summed E-state index contributed by atoms with van der Waals surface area (Å²) in [7, 11) is -1.25. The average Bonchev–Trinajstić information content (AvgIpc) is 3.13. The summed E-state index contributed by atoms with van der Waals surface area (Å²) in [4.78, 5) is 9.90. The maximum absolute atomic E-state index is 11.3. The molecule has 1 unspecified atom stereocenters. The molecule has 1 heterocycles. The van der Waals surface area contributed by atoms with Crippen molar-refractivity contribution in [3.05, 3.63) is 86.9 Å². The number of halogens is 2. The second-order valence-corrected chi connectivity index (χ2v) is 10.5. The van der Waals surface area contributed by atoms with Crippen LogP contribution in [0.5, 0.6) is 11.5 Å². The first-order valence-corrected chi connectivity index (χ1v) is 13.7. The zero-order chi connectivity index (χ0) is 27.9. The number of carbonyl (C=O) groups is 1. The summed E-state index contributed by atoms with van der Waals surface area (Å²) in [5.74, 6) is 0.581. The van der Waals surface area contributed by atoms with E-state index in [2.05, 4.69) is 10.6 Å². The maximum atomic E-state index is 11.3. The molecule has 0 aromatic heterocycles. The lowest BCUT2D eigenvalue weighted by molar-refractivity contribution is 0.194. The van der Waals surface area contributed by atoms with Crippen LogP contribution in [0.2, 0.25) is 10.0 Å². The summed E-state index contributed by atoms with van der Waals surface area (Å²) in [6.07, 6.45) is -0.331. The van der Waals surface area contributed by atoms with Crippen molar-refractivity contribution in [3.8, 4) is 11.5 Å². The molecule has 0 saturated heterocycles. The van der Waals surface area contributed by atoms with Crippen LogP contribution in [0.3, 0.4) is 0 Å². The summed E-state index contributed by atoms with van der Waals surface area (Å²) in [6.45, 7) is 1.66. The Morgan fingerprint density at radius 1 is 1.03 bits per heavy atom. The molecule has 0 saturated carbocycles. The van der Waals surface area contributed by atoms with E-state index in [-0.39, 0.29) is 10.8 Å². The Kier molecular flexibility index (Phi) is 10.2. The van der Waals surface area contributed by atoms with Gasteiger partial charge in [0.1, 0.15) is 0 Å². The van der Waals surface area contributed by atoms with E-state index in [0.29, 0.717) is 47.6 Å². The van der Waals surface area contributed by atoms with Gasteiger partial charge in [0.05, 0.1) is 29.2 Å². The Bertz CT molecular complexity index is 1370. The van der Waals surface area contributed by atoms with E-state index >= 15 is 0 Å². The number of ether oxygens (including phenoxy) is 2. The van der Waals surface area contributed by atoms with Crippen LogP contribution < -0.4 is 20.1 Å². The number of carboxylic acid groups (broad SMARTS) is 1. The van der Waals surface area contributed by atoms with Crippen LogP contribution in [0.15, 0.2) is 59.5 Å². The van der Waals surface area contributed by atoms with Crippen molar-refractivity contribution in [1.82, 2.24) is 10.6 Å². The van der Waals surface area contributed by atoms with Gasteiger partial charge in [0, 0.05) is 19.0 Å². The Balaban J connectivity index is 0.000000304. The number of hydrogen-bond donors (Lipinski definition) is 4. The van der Waals surface area contributed by atoms with Crippen LogP contribution in [0, 0.1) is 0 Å². The molecule has 204 valence electrons. The number of fused-ring (bicyclic) bond motifs is 1. The van der Waals surface area contributed by atoms with E-state index in [0.717, 1.165) is 22.3 Å². The lowest BCUT2D eigenvalue weighted by Gasteiger charge is -2.24. The summed E-state index contributed by atoms with van der Waals surface area (Å²) in [5, 5.41) is 14.8. The smallest absolute Gasteiger partial charge is 0.404 e. The van der Waals surface area contributed by atoms with E-state index in [1.807, 2.05) is 30.3 Å². The number of nitrogens with one attached hydrogen (secondary N) is 2. The highest BCUT2D eigenvalue weighted by atomic mass is 35.5. The van der Waals surface area contributed by atoms with Gasteiger partial charge in [-0.05, 0) is 47.4 Å². The Labute approximate surface area is 231 Å². The zero-order valence-corrected chi connectivity index (χ0v) is 23.0. The topological polar surface area (TPSA) is 134 Å². The molecule has 0 aliphatic carbocycles. The fourth-order valence-electron chi connectivity index (χ4n) is 4.17. The average molecular weight is 583 g/mol. The molecule has 12 heteroatoms. The van der Waals surface area contributed by atoms with E-state index < -0.39 is 16.2 Å². The predicted octanol–water partition coefficient (Wildman–Crippen LogP) is 4.99. The van der Waals surface area contributed by atoms with Gasteiger partial charge in [-0.25, -0.2) is 4.79 Å². The van der Waals surface area contributed by atoms with Crippen molar-refractivity contribution in [2.24, 2.45) is 0 Å². The molecule has 1 aliphatic rings. The van der Waals surface area contributed by atoms with E-state index in [4.69, 9.17) is 37.8 Å². The van der Waals surface area contributed by atoms with E-state index in [1.54, 1.807) is 12.1 Å². The molecular formula is C26H28Cl2N2O7S. The number of amides is 1. The Hall–Kier alpha value is -3.02. The van der Waals surface area contributed by atoms with Crippen LogP contribution in [-0.2, 0) is 23.1 Å². The first kappa shape index (κ1) is 29.5. The third-order valence-corrected chi connectivity index (χ3v) is 7.60. The minimum atomic E-state index is -4.25. The standard InChI is InChI=1S/C18H19Cl2NO5S.C8H9NO2/c1-25-17-15(19)12-7-8-21-9-13(14(12)16(20)18(17)26-2)10-3-5-11(6-4-10)27(22,23)24;10-8(11)9-6-7-4-2-1-3-5-7/h3-6,13,21H,7-9H2,1-2H3,(H,22,23,24);1-5,9H,6H2,(H,10,11). The zero-order valence-electron chi connectivity index (χ0n) is 20.7. The van der Waals surface area contributed by atoms with Gasteiger partial charge in [0.15, 0.2) is 11.5 Å². The van der Waals surface area contributed by atoms with E-state index in [1.165, 1.54) is 26.4 Å². The van der Waals surface area contributed by atoms with Gasteiger partial charge < -0.3 is 25.2 Å². The highest BCUT2D eigenvalue weighted by molar-refractivity contribution is 7.85. The summed E-state index contributed by atoms with van der Waals surface area (Å²) >= 11 is 13.3. The number of rotatable bonds is 6. The fraction of sp³-hybridized carbons (Fsp3) is 0.269. The number of methoxy groups -OCH3 is 2. The lowest BCUT2D eigenvalue weighted by atomic mass is 9.87. The molecule has 0 fully saturated rings. The second-order valence-electron chi connectivity index (χ2n) is 8.28.